The summed E-state index contributed by atoms with van der Waals surface area (Å²) in [5.41, 5.74) is 0.705. The van der Waals surface area contributed by atoms with E-state index in [2.05, 4.69) is 5.32 Å². The minimum absolute atomic E-state index is 0.284. The second-order valence-electron chi connectivity index (χ2n) is 5.62. The van der Waals surface area contributed by atoms with Gasteiger partial charge in [0, 0.05) is 0 Å². The summed E-state index contributed by atoms with van der Waals surface area (Å²) < 4.78 is 0. The minimum atomic E-state index is -0.485. The number of hydrogen-bond acceptors (Lipinski definition) is 4. The van der Waals surface area contributed by atoms with Gasteiger partial charge in [0.05, 0.1) is 23.1 Å². The van der Waals surface area contributed by atoms with Gasteiger partial charge in [-0.1, -0.05) is 24.3 Å². The van der Waals surface area contributed by atoms with Crippen molar-refractivity contribution < 1.29 is 14.4 Å². The number of nitrogens with zero attached hydrogens (tertiary/aromatic N) is 2. The van der Waals surface area contributed by atoms with E-state index in [0.29, 0.717) is 24.1 Å². The smallest absolute Gasteiger partial charge is 0.244 e. The molecule has 116 valence electrons. The summed E-state index contributed by atoms with van der Waals surface area (Å²) in [7, 11) is 0. The molecular weight excluding hydrogens is 294 g/mol. The van der Waals surface area contributed by atoms with Crippen LogP contribution in [0.1, 0.15) is 18.4 Å². The molecule has 0 bridgehead atoms. The molecule has 3 amide bonds. The summed E-state index contributed by atoms with van der Waals surface area (Å²) in [5, 5.41) is 11.6. The Balaban J connectivity index is 1.70. The van der Waals surface area contributed by atoms with Crippen LogP contribution < -0.4 is 5.32 Å². The van der Waals surface area contributed by atoms with Crippen molar-refractivity contribution in [1.29, 1.82) is 5.26 Å². The van der Waals surface area contributed by atoms with Gasteiger partial charge < -0.3 is 5.32 Å². The van der Waals surface area contributed by atoms with E-state index in [1.807, 2.05) is 18.2 Å². The van der Waals surface area contributed by atoms with E-state index >= 15 is 0 Å². The highest BCUT2D eigenvalue weighted by molar-refractivity contribution is 6.09. The zero-order valence-electron chi connectivity index (χ0n) is 12.4. The summed E-state index contributed by atoms with van der Waals surface area (Å²) in [6.07, 6.45) is 4.90. The number of nitrogens with one attached hydrogen (secondary N) is 1. The number of imide groups is 1. The molecule has 1 aliphatic heterocycles. The number of nitriles is 1. The highest BCUT2D eigenvalue weighted by atomic mass is 16.2. The van der Waals surface area contributed by atoms with Crippen LogP contribution in [-0.4, -0.2) is 29.2 Å². The maximum atomic E-state index is 12.3. The Morgan fingerprint density at radius 3 is 2.39 bits per heavy atom. The van der Waals surface area contributed by atoms with Crippen molar-refractivity contribution in [2.75, 3.05) is 11.9 Å². The first-order valence-electron chi connectivity index (χ1n) is 7.41. The number of carbonyl (C=O) groups excluding carboxylic acids is 3. The Bertz CT molecular complexity index is 722. The number of carbonyl (C=O) groups is 3. The Kier molecular flexibility index (Phi) is 3.94. The number of rotatable bonds is 3. The van der Waals surface area contributed by atoms with E-state index in [9.17, 15) is 14.4 Å². The van der Waals surface area contributed by atoms with Crippen molar-refractivity contribution in [1.82, 2.24) is 4.90 Å². The van der Waals surface area contributed by atoms with Gasteiger partial charge in [-0.3, -0.25) is 19.3 Å². The molecule has 2 aliphatic rings. The summed E-state index contributed by atoms with van der Waals surface area (Å²) >= 11 is 0. The summed E-state index contributed by atoms with van der Waals surface area (Å²) in [6, 6.07) is 8.56. The standard InChI is InChI=1S/C17H15N3O3/c18-9-11-5-1-4-8-14(11)19-15(21)10-20-16(22)12-6-2-3-7-13(12)17(20)23/h1-5,8,12-13H,6-7,10H2,(H,19,21)/t12-,13-/m1/s1. The monoisotopic (exact) mass is 309 g/mol. The number of allylic oxidation sites excluding steroid dienone is 2. The molecule has 23 heavy (non-hydrogen) atoms. The van der Waals surface area contributed by atoms with Gasteiger partial charge in [-0.2, -0.15) is 5.26 Å². The molecule has 0 aromatic heterocycles. The molecule has 0 unspecified atom stereocenters. The molecule has 1 heterocycles. The van der Waals surface area contributed by atoms with E-state index in [1.165, 1.54) is 0 Å². The second-order valence-corrected chi connectivity index (χ2v) is 5.62. The molecule has 1 N–H and O–H groups in total. The molecule has 2 atom stereocenters. The molecule has 1 fully saturated rings. The van der Waals surface area contributed by atoms with Gasteiger partial charge in [-0.25, -0.2) is 0 Å². The van der Waals surface area contributed by atoms with Gasteiger partial charge in [-0.15, -0.1) is 0 Å². The molecule has 0 saturated carbocycles. The Hall–Kier alpha value is -2.94. The van der Waals surface area contributed by atoms with Crippen LogP contribution in [0.25, 0.3) is 0 Å². The lowest BCUT2D eigenvalue weighted by Crippen LogP contribution is -2.38. The highest BCUT2D eigenvalue weighted by Crippen LogP contribution is 2.34. The van der Waals surface area contributed by atoms with Gasteiger partial charge in [0.15, 0.2) is 0 Å². The van der Waals surface area contributed by atoms with Gasteiger partial charge in [-0.05, 0) is 25.0 Å². The van der Waals surface area contributed by atoms with Crippen LogP contribution in [-0.2, 0) is 14.4 Å². The van der Waals surface area contributed by atoms with Crippen molar-refractivity contribution >= 4 is 23.4 Å². The average Bonchev–Trinajstić information content (AvgIpc) is 2.81. The molecule has 6 heteroatoms. The SMILES string of the molecule is N#Cc1ccccc1NC(=O)CN1C(=O)[C@@H]2CC=CC[C@H]2C1=O. The van der Waals surface area contributed by atoms with E-state index < -0.39 is 5.91 Å². The van der Waals surface area contributed by atoms with E-state index in [-0.39, 0.29) is 30.2 Å². The highest BCUT2D eigenvalue weighted by Gasteiger charge is 2.47. The normalized spacial score (nSPS) is 22.7. The molecule has 0 radical (unpaired) electrons. The first-order valence-corrected chi connectivity index (χ1v) is 7.41. The third kappa shape index (κ3) is 2.73. The van der Waals surface area contributed by atoms with Crippen molar-refractivity contribution in [3.05, 3.63) is 42.0 Å². The van der Waals surface area contributed by atoms with E-state index in [1.54, 1.807) is 24.3 Å². The third-order valence-electron chi connectivity index (χ3n) is 4.22. The molecule has 1 aromatic rings. The number of benzene rings is 1. The van der Waals surface area contributed by atoms with Crippen LogP contribution >= 0.6 is 0 Å². The van der Waals surface area contributed by atoms with Crippen LogP contribution in [0, 0.1) is 23.2 Å². The third-order valence-corrected chi connectivity index (χ3v) is 4.22. The molecule has 1 aromatic carbocycles. The van der Waals surface area contributed by atoms with Crippen LogP contribution in [0.3, 0.4) is 0 Å². The lowest BCUT2D eigenvalue weighted by atomic mass is 9.85. The number of para-hydroxylation sites is 1. The predicted molar refractivity (Wildman–Crippen MR) is 81.9 cm³/mol. The quantitative estimate of drug-likeness (QED) is 0.676. The zero-order valence-corrected chi connectivity index (χ0v) is 12.4. The van der Waals surface area contributed by atoms with Crippen molar-refractivity contribution in [3.63, 3.8) is 0 Å². The first kappa shape index (κ1) is 15.0. The Morgan fingerprint density at radius 2 is 1.78 bits per heavy atom. The van der Waals surface area contributed by atoms with Crippen molar-refractivity contribution in [2.45, 2.75) is 12.8 Å². The Morgan fingerprint density at radius 1 is 1.17 bits per heavy atom. The number of amides is 3. The minimum Gasteiger partial charge on any atom is -0.323 e. The second kappa shape index (κ2) is 6.05. The first-order chi connectivity index (χ1) is 11.1. The number of hydrogen-bond donors (Lipinski definition) is 1. The molecule has 3 rings (SSSR count). The fraction of sp³-hybridized carbons (Fsp3) is 0.294. The average molecular weight is 309 g/mol. The molecule has 1 saturated heterocycles. The topological polar surface area (TPSA) is 90.3 Å². The summed E-state index contributed by atoms with van der Waals surface area (Å²) in [6.45, 7) is -0.315. The lowest BCUT2D eigenvalue weighted by molar-refractivity contribution is -0.142. The van der Waals surface area contributed by atoms with Gasteiger partial charge in [0.1, 0.15) is 12.6 Å². The Labute approximate surface area is 133 Å². The van der Waals surface area contributed by atoms with Crippen molar-refractivity contribution in [2.24, 2.45) is 11.8 Å². The van der Waals surface area contributed by atoms with Crippen LogP contribution in [0.15, 0.2) is 36.4 Å². The number of fused-ring (bicyclic) bond motifs is 1. The summed E-state index contributed by atoms with van der Waals surface area (Å²) in [5.74, 6) is -1.74. The number of anilines is 1. The molecule has 0 spiro atoms. The zero-order chi connectivity index (χ0) is 16.4. The van der Waals surface area contributed by atoms with Gasteiger partial charge in [0.2, 0.25) is 17.7 Å². The molecule has 6 nitrogen and oxygen atoms in total. The predicted octanol–water partition coefficient (Wildman–Crippen LogP) is 1.45. The van der Waals surface area contributed by atoms with Crippen LogP contribution in [0.2, 0.25) is 0 Å². The van der Waals surface area contributed by atoms with Crippen molar-refractivity contribution in [3.8, 4) is 6.07 Å². The van der Waals surface area contributed by atoms with E-state index in [4.69, 9.17) is 5.26 Å². The maximum absolute atomic E-state index is 12.3. The van der Waals surface area contributed by atoms with E-state index in [0.717, 1.165) is 4.90 Å². The molecule has 1 aliphatic carbocycles. The fourth-order valence-corrected chi connectivity index (χ4v) is 3.05. The van der Waals surface area contributed by atoms with Crippen LogP contribution in [0.5, 0.6) is 0 Å². The fourth-order valence-electron chi connectivity index (χ4n) is 3.05. The number of likely N-dealkylation sites (tertiary alicyclic amines) is 1. The largest absolute Gasteiger partial charge is 0.323 e. The lowest BCUT2D eigenvalue weighted by Gasteiger charge is -2.14. The van der Waals surface area contributed by atoms with Gasteiger partial charge in [0.25, 0.3) is 0 Å². The van der Waals surface area contributed by atoms with Crippen LogP contribution in [0.4, 0.5) is 5.69 Å². The molecular formula is C17H15N3O3. The van der Waals surface area contributed by atoms with Gasteiger partial charge >= 0.3 is 0 Å². The summed E-state index contributed by atoms with van der Waals surface area (Å²) in [4.78, 5) is 37.8. The maximum Gasteiger partial charge on any atom is 0.244 e.